The molecule has 0 amide bonds. The predicted molar refractivity (Wildman–Crippen MR) is 24.5 cm³/mol. The fourth-order valence-electron chi connectivity index (χ4n) is 0.770. The van der Waals surface area contributed by atoms with Crippen LogP contribution in [0.1, 0.15) is 0 Å². The van der Waals surface area contributed by atoms with Gasteiger partial charge < -0.3 is 11.1 Å². The van der Waals surface area contributed by atoms with Gasteiger partial charge >= 0.3 is 0 Å². The van der Waals surface area contributed by atoms with E-state index in [0.29, 0.717) is 6.54 Å². The smallest absolute Gasteiger partial charge is 0.169 e. The minimum Gasteiger partial charge on any atom is -0.342 e. The van der Waals surface area contributed by atoms with E-state index in [0.717, 1.165) is 6.54 Å². The Morgan fingerprint density at radius 2 is 2.29 bits per heavy atom. The van der Waals surface area contributed by atoms with Crippen LogP contribution < -0.4 is 11.1 Å². The molecule has 2 nitrogen and oxygen atoms in total. The molecule has 0 radical (unpaired) electrons. The standard InChI is InChI=1S/C4H9FN2/c5-3-1-7-2-4(3)6/h3-4,7H,1-2,6H2/p+1. The van der Waals surface area contributed by atoms with Gasteiger partial charge in [-0.1, -0.05) is 0 Å². The molecule has 1 aliphatic heterocycles. The second kappa shape index (κ2) is 1.76. The molecular weight excluding hydrogens is 95.1 g/mol. The Balaban J connectivity index is 2.33. The molecule has 42 valence electrons. The second-order valence-corrected chi connectivity index (χ2v) is 1.94. The first-order valence-corrected chi connectivity index (χ1v) is 2.52. The summed E-state index contributed by atoms with van der Waals surface area (Å²) in [5.41, 5.74) is 5.27. The lowest BCUT2D eigenvalue weighted by Gasteiger charge is -1.95. The molecular formula is C4H10FN2+. The van der Waals surface area contributed by atoms with E-state index in [1.165, 1.54) is 0 Å². The van der Waals surface area contributed by atoms with Gasteiger partial charge in [0.15, 0.2) is 6.17 Å². The molecule has 0 aliphatic carbocycles. The van der Waals surface area contributed by atoms with Gasteiger partial charge in [0.2, 0.25) is 0 Å². The van der Waals surface area contributed by atoms with Crippen molar-refractivity contribution in [2.45, 2.75) is 12.2 Å². The Bertz CT molecular complexity index is 58.7. The maximum Gasteiger partial charge on any atom is 0.169 e. The van der Waals surface area contributed by atoms with Crippen molar-refractivity contribution in [3.05, 3.63) is 0 Å². The van der Waals surface area contributed by atoms with Crippen molar-refractivity contribution in [1.29, 1.82) is 0 Å². The Morgan fingerprint density at radius 1 is 1.57 bits per heavy atom. The maximum atomic E-state index is 12.2. The fraction of sp³-hybridized carbons (Fsp3) is 1.00. The first-order valence-electron chi connectivity index (χ1n) is 2.52. The summed E-state index contributed by atoms with van der Waals surface area (Å²) in [5.74, 6) is 0. The summed E-state index contributed by atoms with van der Waals surface area (Å²) < 4.78 is 12.2. The van der Waals surface area contributed by atoms with E-state index in [1.54, 1.807) is 0 Å². The highest BCUT2D eigenvalue weighted by atomic mass is 19.1. The van der Waals surface area contributed by atoms with E-state index in [1.807, 2.05) is 5.32 Å². The van der Waals surface area contributed by atoms with Crippen LogP contribution >= 0.6 is 0 Å². The topological polar surface area (TPSA) is 42.6 Å². The van der Waals surface area contributed by atoms with Crippen LogP contribution in [0.2, 0.25) is 0 Å². The van der Waals surface area contributed by atoms with E-state index in [2.05, 4.69) is 0 Å². The third kappa shape index (κ3) is 0.894. The molecule has 1 saturated heterocycles. The molecule has 1 fully saturated rings. The van der Waals surface area contributed by atoms with E-state index >= 15 is 0 Å². The molecule has 4 N–H and O–H groups in total. The van der Waals surface area contributed by atoms with Crippen LogP contribution in [0, 0.1) is 0 Å². The third-order valence-corrected chi connectivity index (χ3v) is 1.30. The van der Waals surface area contributed by atoms with Crippen molar-refractivity contribution in [3.8, 4) is 0 Å². The van der Waals surface area contributed by atoms with E-state index in [9.17, 15) is 4.39 Å². The first-order chi connectivity index (χ1) is 3.30. The van der Waals surface area contributed by atoms with Crippen LogP contribution in [0.3, 0.4) is 0 Å². The highest BCUT2D eigenvalue weighted by Crippen LogP contribution is 1.93. The molecule has 3 heteroatoms. The zero-order valence-electron chi connectivity index (χ0n) is 4.10. The SMILES string of the molecule is NC1C[NH2+]CC1F. The average Bonchev–Trinajstić information content (AvgIpc) is 1.91. The van der Waals surface area contributed by atoms with Crippen LogP contribution in [-0.2, 0) is 0 Å². The quantitative estimate of drug-likeness (QED) is 0.376. The van der Waals surface area contributed by atoms with Gasteiger partial charge in [-0.3, -0.25) is 0 Å². The number of hydrogen-bond acceptors (Lipinski definition) is 1. The molecule has 0 aromatic rings. The number of alkyl halides is 1. The van der Waals surface area contributed by atoms with Gasteiger partial charge in [0.25, 0.3) is 0 Å². The normalized spacial score (nSPS) is 42.0. The zero-order valence-corrected chi connectivity index (χ0v) is 4.10. The molecule has 2 atom stereocenters. The largest absolute Gasteiger partial charge is 0.342 e. The van der Waals surface area contributed by atoms with Crippen molar-refractivity contribution in [1.82, 2.24) is 0 Å². The maximum absolute atomic E-state index is 12.2. The molecule has 0 spiro atoms. The highest BCUT2D eigenvalue weighted by molar-refractivity contribution is 4.72. The van der Waals surface area contributed by atoms with Gasteiger partial charge in [-0.15, -0.1) is 0 Å². The van der Waals surface area contributed by atoms with Crippen molar-refractivity contribution in [3.63, 3.8) is 0 Å². The number of halogens is 1. The van der Waals surface area contributed by atoms with Crippen molar-refractivity contribution in [2.75, 3.05) is 13.1 Å². The van der Waals surface area contributed by atoms with Crippen molar-refractivity contribution >= 4 is 0 Å². The van der Waals surface area contributed by atoms with Gasteiger partial charge in [-0.05, 0) is 0 Å². The zero-order chi connectivity index (χ0) is 5.28. The molecule has 0 bridgehead atoms. The average molecular weight is 105 g/mol. The summed E-state index contributed by atoms with van der Waals surface area (Å²) in [5, 5.41) is 1.90. The van der Waals surface area contributed by atoms with Crippen LogP contribution in [0.25, 0.3) is 0 Å². The van der Waals surface area contributed by atoms with Crippen LogP contribution in [0.15, 0.2) is 0 Å². The number of hydrogen-bond donors (Lipinski definition) is 2. The van der Waals surface area contributed by atoms with Crippen LogP contribution in [0.5, 0.6) is 0 Å². The molecule has 2 unspecified atom stereocenters. The molecule has 7 heavy (non-hydrogen) atoms. The Labute approximate surface area is 41.9 Å². The summed E-state index contributed by atoms with van der Waals surface area (Å²) >= 11 is 0. The highest BCUT2D eigenvalue weighted by Gasteiger charge is 2.25. The third-order valence-electron chi connectivity index (χ3n) is 1.30. The van der Waals surface area contributed by atoms with E-state index in [4.69, 9.17) is 5.73 Å². The lowest BCUT2D eigenvalue weighted by Crippen LogP contribution is -2.82. The molecule has 0 aromatic heterocycles. The Morgan fingerprint density at radius 3 is 2.43 bits per heavy atom. The predicted octanol–water partition coefficient (Wildman–Crippen LogP) is -1.77. The number of rotatable bonds is 0. The molecule has 1 rings (SSSR count). The summed E-state index contributed by atoms with van der Waals surface area (Å²) in [6.45, 7) is 1.31. The first kappa shape index (κ1) is 5.00. The molecule has 0 saturated carbocycles. The van der Waals surface area contributed by atoms with Gasteiger partial charge in [0.05, 0.1) is 12.6 Å². The fourth-order valence-corrected chi connectivity index (χ4v) is 0.770. The lowest BCUT2D eigenvalue weighted by molar-refractivity contribution is -0.638. The van der Waals surface area contributed by atoms with Crippen LogP contribution in [-0.4, -0.2) is 25.3 Å². The second-order valence-electron chi connectivity index (χ2n) is 1.94. The molecule has 1 heterocycles. The molecule has 0 aromatic carbocycles. The van der Waals surface area contributed by atoms with Gasteiger partial charge in [0.1, 0.15) is 6.54 Å². The number of quaternary nitrogens is 1. The molecule has 1 aliphatic rings. The Kier molecular flexibility index (Phi) is 1.25. The van der Waals surface area contributed by atoms with Gasteiger partial charge in [-0.25, -0.2) is 4.39 Å². The van der Waals surface area contributed by atoms with Gasteiger partial charge in [0, 0.05) is 0 Å². The van der Waals surface area contributed by atoms with Gasteiger partial charge in [-0.2, -0.15) is 0 Å². The summed E-state index contributed by atoms with van der Waals surface area (Å²) in [4.78, 5) is 0. The van der Waals surface area contributed by atoms with E-state index < -0.39 is 6.17 Å². The van der Waals surface area contributed by atoms with Crippen LogP contribution in [0.4, 0.5) is 4.39 Å². The monoisotopic (exact) mass is 105 g/mol. The summed E-state index contributed by atoms with van der Waals surface area (Å²) in [6, 6.07) is -0.208. The Hall–Kier alpha value is -0.150. The lowest BCUT2D eigenvalue weighted by atomic mass is 10.3. The minimum atomic E-state index is -0.764. The van der Waals surface area contributed by atoms with E-state index in [-0.39, 0.29) is 6.04 Å². The summed E-state index contributed by atoms with van der Waals surface area (Å²) in [7, 11) is 0. The number of nitrogens with two attached hydrogens (primary N) is 2. The van der Waals surface area contributed by atoms with Crippen molar-refractivity contribution in [2.24, 2.45) is 5.73 Å². The summed E-state index contributed by atoms with van der Waals surface area (Å²) in [6.07, 6.45) is -0.764. The van der Waals surface area contributed by atoms with Crippen molar-refractivity contribution < 1.29 is 9.71 Å². The minimum absolute atomic E-state index is 0.208.